The van der Waals surface area contributed by atoms with Gasteiger partial charge < -0.3 is 24.1 Å². The van der Waals surface area contributed by atoms with Crippen LogP contribution >= 0.6 is 0 Å². The molecule has 1 N–H and O–H groups in total. The first-order valence-corrected chi connectivity index (χ1v) is 12.5. The van der Waals surface area contributed by atoms with E-state index in [1.807, 2.05) is 0 Å². The highest BCUT2D eigenvalue weighted by molar-refractivity contribution is 7.90. The molecule has 11 heteroatoms. The first-order valence-electron chi connectivity index (χ1n) is 10.6. The van der Waals surface area contributed by atoms with Gasteiger partial charge in [-0.25, -0.2) is 13.4 Å². The second kappa shape index (κ2) is 9.70. The van der Waals surface area contributed by atoms with Crippen molar-refractivity contribution in [2.24, 2.45) is 0 Å². The molecule has 186 valence electrons. The fraction of sp³-hybridized carbons (Fsp3) is 0.160. The van der Waals surface area contributed by atoms with Gasteiger partial charge in [0.15, 0.2) is 15.6 Å². The van der Waals surface area contributed by atoms with E-state index >= 15 is 0 Å². The summed E-state index contributed by atoms with van der Waals surface area (Å²) in [5.41, 5.74) is 0.447. The van der Waals surface area contributed by atoms with Gasteiger partial charge in [0, 0.05) is 44.2 Å². The summed E-state index contributed by atoms with van der Waals surface area (Å²) in [4.78, 5) is 31.1. The Hall–Kier alpha value is -4.38. The number of hydrogen-bond acceptors (Lipinski definition) is 8. The summed E-state index contributed by atoms with van der Waals surface area (Å²) in [7, 11) is 1.32. The number of carbonyl (C=O) groups is 2. The first-order chi connectivity index (χ1) is 17.0. The summed E-state index contributed by atoms with van der Waals surface area (Å²) in [5, 5.41) is 3.15. The molecule has 0 atom stereocenters. The number of hydrogen-bond donors (Lipinski definition) is 1. The van der Waals surface area contributed by atoms with Crippen molar-refractivity contribution in [2.75, 3.05) is 32.8 Å². The zero-order valence-corrected chi connectivity index (χ0v) is 20.8. The normalized spacial score (nSPS) is 11.2. The largest absolute Gasteiger partial charge is 0.497 e. The number of carbonyl (C=O) groups excluding carboxylic acids is 2. The highest BCUT2D eigenvalue weighted by Gasteiger charge is 2.20. The lowest BCUT2D eigenvalue weighted by atomic mass is 10.1. The van der Waals surface area contributed by atoms with Gasteiger partial charge in [-0.05, 0) is 42.5 Å². The van der Waals surface area contributed by atoms with Gasteiger partial charge in [0.05, 0.1) is 17.4 Å². The van der Waals surface area contributed by atoms with Crippen LogP contribution in [-0.4, -0.2) is 57.6 Å². The van der Waals surface area contributed by atoms with Gasteiger partial charge in [-0.15, -0.1) is 0 Å². The highest BCUT2D eigenvalue weighted by atomic mass is 32.2. The number of nitrogens with zero attached hydrogens (tertiary/aromatic N) is 2. The quantitative estimate of drug-likeness (QED) is 0.396. The maximum absolute atomic E-state index is 13.0. The van der Waals surface area contributed by atoms with E-state index in [2.05, 4.69) is 10.3 Å². The van der Waals surface area contributed by atoms with E-state index in [1.54, 1.807) is 26.2 Å². The van der Waals surface area contributed by atoms with E-state index in [1.165, 1.54) is 60.7 Å². The second-order valence-electron chi connectivity index (χ2n) is 8.08. The van der Waals surface area contributed by atoms with Crippen LogP contribution in [0.5, 0.6) is 17.2 Å². The van der Waals surface area contributed by atoms with Crippen molar-refractivity contribution in [1.29, 1.82) is 0 Å². The Balaban J connectivity index is 1.74. The molecular weight excluding hydrogens is 486 g/mol. The number of amides is 2. The molecule has 0 saturated heterocycles. The molecule has 2 aromatic heterocycles. The molecule has 0 unspecified atom stereocenters. The molecule has 4 rings (SSSR count). The van der Waals surface area contributed by atoms with E-state index in [4.69, 9.17) is 13.9 Å². The van der Waals surface area contributed by atoms with Crippen LogP contribution in [-0.2, 0) is 9.84 Å². The smallest absolute Gasteiger partial charge is 0.289 e. The highest BCUT2D eigenvalue weighted by Crippen LogP contribution is 2.35. The lowest BCUT2D eigenvalue weighted by molar-refractivity contribution is 0.0799. The fourth-order valence-corrected chi connectivity index (χ4v) is 3.96. The van der Waals surface area contributed by atoms with E-state index < -0.39 is 15.7 Å². The minimum atomic E-state index is -3.37. The van der Waals surface area contributed by atoms with Crippen LogP contribution in [0.2, 0.25) is 0 Å². The number of nitrogens with one attached hydrogen (secondary N) is 1. The van der Waals surface area contributed by atoms with Crippen molar-refractivity contribution in [1.82, 2.24) is 9.88 Å². The van der Waals surface area contributed by atoms with Crippen molar-refractivity contribution < 1.29 is 31.9 Å². The van der Waals surface area contributed by atoms with Gasteiger partial charge >= 0.3 is 0 Å². The summed E-state index contributed by atoms with van der Waals surface area (Å²) in [6.45, 7) is 0. The lowest BCUT2D eigenvalue weighted by Crippen LogP contribution is -2.20. The van der Waals surface area contributed by atoms with E-state index in [9.17, 15) is 18.0 Å². The van der Waals surface area contributed by atoms with Crippen LogP contribution in [0.3, 0.4) is 0 Å². The molecule has 2 heterocycles. The van der Waals surface area contributed by atoms with Crippen molar-refractivity contribution in [3.63, 3.8) is 0 Å². The number of anilines is 1. The predicted molar refractivity (Wildman–Crippen MR) is 133 cm³/mol. The Morgan fingerprint density at radius 2 is 1.72 bits per heavy atom. The molecule has 0 saturated carbocycles. The first kappa shape index (κ1) is 24.7. The zero-order chi connectivity index (χ0) is 26.0. The van der Waals surface area contributed by atoms with E-state index in [0.29, 0.717) is 16.9 Å². The fourth-order valence-electron chi connectivity index (χ4n) is 3.32. The average Bonchev–Trinajstić information content (AvgIpc) is 3.28. The Kier molecular flexibility index (Phi) is 6.67. The van der Waals surface area contributed by atoms with Gasteiger partial charge in [0.1, 0.15) is 28.6 Å². The molecule has 0 spiro atoms. The number of pyridine rings is 1. The monoisotopic (exact) mass is 509 g/mol. The summed E-state index contributed by atoms with van der Waals surface area (Å²) >= 11 is 0. The summed E-state index contributed by atoms with van der Waals surface area (Å²) < 4.78 is 40.4. The number of furan rings is 1. The lowest BCUT2D eigenvalue weighted by Gasteiger charge is -2.10. The average molecular weight is 510 g/mol. The van der Waals surface area contributed by atoms with Crippen LogP contribution in [0.25, 0.3) is 11.0 Å². The predicted octanol–water partition coefficient (Wildman–Crippen LogP) is 3.99. The van der Waals surface area contributed by atoms with Crippen LogP contribution in [0.1, 0.15) is 20.9 Å². The molecule has 0 aliphatic rings. The van der Waals surface area contributed by atoms with Crippen LogP contribution in [0.4, 0.5) is 5.82 Å². The maximum atomic E-state index is 13.0. The molecule has 0 aliphatic heterocycles. The molecule has 0 radical (unpaired) electrons. The van der Waals surface area contributed by atoms with Crippen molar-refractivity contribution in [3.05, 3.63) is 72.1 Å². The third-order valence-electron chi connectivity index (χ3n) is 5.17. The molecule has 0 fully saturated rings. The van der Waals surface area contributed by atoms with Crippen LogP contribution < -0.4 is 14.8 Å². The standard InChI is InChI=1S/C25H23N3O7S/c1-28(2)25(30)22-14-19-20(34-16-5-7-18(8-6-16)36(4,31)32)11-15(12-21(19)35-22)24(29)27-23-13-17(33-3)9-10-26-23/h5-14H,1-4H3,(H,26,27,29). The number of ether oxygens (including phenoxy) is 2. The van der Waals surface area contributed by atoms with E-state index in [0.717, 1.165) is 6.26 Å². The van der Waals surface area contributed by atoms with Crippen LogP contribution in [0, 0.1) is 0 Å². The minimum absolute atomic E-state index is 0.0688. The molecule has 0 bridgehead atoms. The Bertz CT molecular complexity index is 1560. The van der Waals surface area contributed by atoms with Crippen molar-refractivity contribution in [2.45, 2.75) is 4.90 Å². The Morgan fingerprint density at radius 1 is 1.00 bits per heavy atom. The molecule has 10 nitrogen and oxygen atoms in total. The molecule has 2 amide bonds. The summed E-state index contributed by atoms with van der Waals surface area (Å²) in [5.74, 6) is 0.589. The van der Waals surface area contributed by atoms with Crippen molar-refractivity contribution in [3.8, 4) is 17.2 Å². The molecule has 2 aromatic carbocycles. The number of aromatic nitrogens is 1. The molecule has 4 aromatic rings. The zero-order valence-electron chi connectivity index (χ0n) is 19.9. The third-order valence-corrected chi connectivity index (χ3v) is 6.30. The molecule has 36 heavy (non-hydrogen) atoms. The van der Waals surface area contributed by atoms with Crippen LogP contribution in [0.15, 0.2) is 70.1 Å². The van der Waals surface area contributed by atoms with Gasteiger partial charge in [-0.1, -0.05) is 0 Å². The topological polar surface area (TPSA) is 128 Å². The second-order valence-corrected chi connectivity index (χ2v) is 10.1. The minimum Gasteiger partial charge on any atom is -0.497 e. The Morgan fingerprint density at radius 3 is 2.36 bits per heavy atom. The summed E-state index contributed by atoms with van der Waals surface area (Å²) in [6, 6.07) is 13.6. The van der Waals surface area contributed by atoms with Gasteiger partial charge in [0.25, 0.3) is 11.8 Å². The van der Waals surface area contributed by atoms with E-state index in [-0.39, 0.29) is 39.3 Å². The number of rotatable bonds is 7. The van der Waals surface area contributed by atoms with Gasteiger partial charge in [-0.2, -0.15) is 0 Å². The SMILES string of the molecule is COc1ccnc(NC(=O)c2cc(Oc3ccc(S(C)(=O)=O)cc3)c3cc(C(=O)N(C)C)oc3c2)c1. The third kappa shape index (κ3) is 5.31. The van der Waals surface area contributed by atoms with Gasteiger partial charge in [-0.3, -0.25) is 9.59 Å². The number of methoxy groups -OCH3 is 1. The molecule has 0 aliphatic carbocycles. The van der Waals surface area contributed by atoms with Crippen molar-refractivity contribution >= 4 is 38.4 Å². The Labute approximate surface area is 207 Å². The van der Waals surface area contributed by atoms with Gasteiger partial charge in [0.2, 0.25) is 0 Å². The molecular formula is C25H23N3O7S. The summed E-state index contributed by atoms with van der Waals surface area (Å²) in [6.07, 6.45) is 2.61. The number of benzene rings is 2. The number of sulfone groups is 1. The number of fused-ring (bicyclic) bond motifs is 1. The maximum Gasteiger partial charge on any atom is 0.289 e.